The summed E-state index contributed by atoms with van der Waals surface area (Å²) in [7, 11) is 4.27. The molecule has 1 heterocycles. The van der Waals surface area contributed by atoms with Gasteiger partial charge >= 0.3 is 0 Å². The van der Waals surface area contributed by atoms with Crippen molar-refractivity contribution in [1.29, 1.82) is 0 Å². The Morgan fingerprint density at radius 3 is 2.53 bits per heavy atom. The van der Waals surface area contributed by atoms with Crippen LogP contribution in [0.1, 0.15) is 43.9 Å². The van der Waals surface area contributed by atoms with Gasteiger partial charge in [0.15, 0.2) is 0 Å². The second-order valence-corrected chi connectivity index (χ2v) is 6.07. The van der Waals surface area contributed by atoms with Crippen molar-refractivity contribution < 1.29 is 0 Å². The van der Waals surface area contributed by atoms with Crippen molar-refractivity contribution in [2.24, 2.45) is 18.7 Å². The maximum atomic E-state index is 5.75. The van der Waals surface area contributed by atoms with E-state index in [9.17, 15) is 0 Å². The Morgan fingerprint density at radius 1 is 1.32 bits per heavy atom. The van der Waals surface area contributed by atoms with Crippen molar-refractivity contribution >= 4 is 5.82 Å². The fourth-order valence-electron chi connectivity index (χ4n) is 3.37. The highest BCUT2D eigenvalue weighted by molar-refractivity contribution is 5.50. The van der Waals surface area contributed by atoms with Gasteiger partial charge in [-0.3, -0.25) is 4.68 Å². The maximum absolute atomic E-state index is 5.75. The molecular formula is C15H28N4. The van der Waals surface area contributed by atoms with Gasteiger partial charge in [-0.05, 0) is 51.5 Å². The molecule has 0 amide bonds. The Kier molecular flexibility index (Phi) is 4.50. The Hall–Kier alpha value is -1.03. The Balaban J connectivity index is 2.20. The molecule has 0 unspecified atom stereocenters. The summed E-state index contributed by atoms with van der Waals surface area (Å²) in [5, 5.41) is 4.58. The minimum absolute atomic E-state index is 0.655. The number of rotatable bonds is 4. The van der Waals surface area contributed by atoms with Crippen LogP contribution in [0.2, 0.25) is 0 Å². The number of nitrogens with two attached hydrogens (primary N) is 1. The first-order chi connectivity index (χ1) is 9.04. The van der Waals surface area contributed by atoms with E-state index in [1.807, 2.05) is 11.7 Å². The lowest BCUT2D eigenvalue weighted by molar-refractivity contribution is 0.338. The van der Waals surface area contributed by atoms with Crippen molar-refractivity contribution in [3.05, 3.63) is 11.3 Å². The summed E-state index contributed by atoms with van der Waals surface area (Å²) < 4.78 is 2.03. The molecule has 0 atom stereocenters. The van der Waals surface area contributed by atoms with Crippen molar-refractivity contribution in [3.63, 3.8) is 0 Å². The predicted molar refractivity (Wildman–Crippen MR) is 80.5 cm³/mol. The van der Waals surface area contributed by atoms with Crippen LogP contribution in [-0.4, -0.2) is 29.4 Å². The number of hydrogen-bond acceptors (Lipinski definition) is 3. The standard InChI is InChI=1S/C15H28N4/c1-11-5-7-13(8-6-11)18(3)15-14(9-10-16)12(2)17-19(15)4/h11,13H,5-10,16H2,1-4H3. The molecule has 19 heavy (non-hydrogen) atoms. The van der Waals surface area contributed by atoms with E-state index in [-0.39, 0.29) is 0 Å². The summed E-state index contributed by atoms with van der Waals surface area (Å²) in [5.41, 5.74) is 8.20. The molecule has 1 aromatic rings. The van der Waals surface area contributed by atoms with E-state index < -0.39 is 0 Å². The van der Waals surface area contributed by atoms with Crippen molar-refractivity contribution in [2.45, 2.75) is 52.0 Å². The fourth-order valence-corrected chi connectivity index (χ4v) is 3.37. The van der Waals surface area contributed by atoms with Crippen LogP contribution in [0.25, 0.3) is 0 Å². The first-order valence-electron chi connectivity index (χ1n) is 7.50. The highest BCUT2D eigenvalue weighted by Crippen LogP contribution is 2.31. The van der Waals surface area contributed by atoms with E-state index in [4.69, 9.17) is 5.73 Å². The van der Waals surface area contributed by atoms with E-state index in [1.165, 1.54) is 37.1 Å². The van der Waals surface area contributed by atoms with Crippen LogP contribution in [0.15, 0.2) is 0 Å². The molecule has 4 heteroatoms. The van der Waals surface area contributed by atoms with Crippen molar-refractivity contribution in [3.8, 4) is 0 Å². The number of aromatic nitrogens is 2. The summed E-state index contributed by atoms with van der Waals surface area (Å²) in [6.07, 6.45) is 6.20. The molecule has 0 bridgehead atoms. The molecule has 1 aliphatic carbocycles. The zero-order chi connectivity index (χ0) is 14.0. The first kappa shape index (κ1) is 14.4. The topological polar surface area (TPSA) is 47.1 Å². The van der Waals surface area contributed by atoms with Crippen LogP contribution in [0.3, 0.4) is 0 Å². The molecule has 1 aromatic heterocycles. The maximum Gasteiger partial charge on any atom is 0.130 e. The van der Waals surface area contributed by atoms with Crippen LogP contribution in [-0.2, 0) is 13.5 Å². The molecular weight excluding hydrogens is 236 g/mol. The summed E-state index contributed by atoms with van der Waals surface area (Å²) in [4.78, 5) is 2.44. The molecule has 4 nitrogen and oxygen atoms in total. The average Bonchev–Trinajstić information content (AvgIpc) is 2.65. The molecule has 1 saturated carbocycles. The van der Waals surface area contributed by atoms with Gasteiger partial charge < -0.3 is 10.6 Å². The Labute approximate surface area is 117 Å². The second-order valence-electron chi connectivity index (χ2n) is 6.07. The van der Waals surface area contributed by atoms with Gasteiger partial charge in [-0.2, -0.15) is 5.10 Å². The summed E-state index contributed by atoms with van der Waals surface area (Å²) in [6, 6.07) is 0.655. The molecule has 108 valence electrons. The summed E-state index contributed by atoms with van der Waals surface area (Å²) >= 11 is 0. The smallest absolute Gasteiger partial charge is 0.130 e. The molecule has 0 spiro atoms. The van der Waals surface area contributed by atoms with E-state index in [2.05, 4.69) is 30.9 Å². The lowest BCUT2D eigenvalue weighted by Crippen LogP contribution is -2.36. The van der Waals surface area contributed by atoms with Gasteiger partial charge in [0.1, 0.15) is 5.82 Å². The highest BCUT2D eigenvalue weighted by atomic mass is 15.4. The molecule has 2 N–H and O–H groups in total. The van der Waals surface area contributed by atoms with E-state index in [0.29, 0.717) is 12.6 Å². The molecule has 0 aliphatic heterocycles. The third-order valence-corrected chi connectivity index (χ3v) is 4.57. The van der Waals surface area contributed by atoms with Gasteiger partial charge in [-0.15, -0.1) is 0 Å². The number of anilines is 1. The van der Waals surface area contributed by atoms with Gasteiger partial charge in [0.25, 0.3) is 0 Å². The first-order valence-corrected chi connectivity index (χ1v) is 7.50. The molecule has 0 saturated heterocycles. The zero-order valence-electron chi connectivity index (χ0n) is 12.8. The quantitative estimate of drug-likeness (QED) is 0.907. The minimum Gasteiger partial charge on any atom is -0.357 e. The van der Waals surface area contributed by atoms with Gasteiger partial charge in [0.05, 0.1) is 5.69 Å². The van der Waals surface area contributed by atoms with E-state index in [1.54, 1.807) is 0 Å². The molecule has 2 rings (SSSR count). The van der Waals surface area contributed by atoms with Gasteiger partial charge in [-0.1, -0.05) is 6.92 Å². The third kappa shape index (κ3) is 2.94. The van der Waals surface area contributed by atoms with Gasteiger partial charge in [0, 0.05) is 25.7 Å². The van der Waals surface area contributed by atoms with Gasteiger partial charge in [-0.25, -0.2) is 0 Å². The monoisotopic (exact) mass is 264 g/mol. The van der Waals surface area contributed by atoms with Crippen LogP contribution in [0.4, 0.5) is 5.82 Å². The molecule has 1 fully saturated rings. The van der Waals surface area contributed by atoms with Crippen LogP contribution < -0.4 is 10.6 Å². The van der Waals surface area contributed by atoms with Crippen LogP contribution >= 0.6 is 0 Å². The highest BCUT2D eigenvalue weighted by Gasteiger charge is 2.25. The minimum atomic E-state index is 0.655. The second kappa shape index (κ2) is 5.95. The van der Waals surface area contributed by atoms with E-state index >= 15 is 0 Å². The van der Waals surface area contributed by atoms with Crippen LogP contribution in [0, 0.1) is 12.8 Å². The number of nitrogens with zero attached hydrogens (tertiary/aromatic N) is 3. The summed E-state index contributed by atoms with van der Waals surface area (Å²) in [6.45, 7) is 5.14. The third-order valence-electron chi connectivity index (χ3n) is 4.57. The van der Waals surface area contributed by atoms with Gasteiger partial charge in [0.2, 0.25) is 0 Å². The SMILES string of the molecule is Cc1nn(C)c(N(C)C2CCC(C)CC2)c1CCN. The Bertz CT molecular complexity index is 416. The average molecular weight is 264 g/mol. The Morgan fingerprint density at radius 2 is 1.95 bits per heavy atom. The number of aryl methyl sites for hydroxylation is 2. The molecule has 0 radical (unpaired) electrons. The van der Waals surface area contributed by atoms with Crippen LogP contribution in [0.5, 0.6) is 0 Å². The summed E-state index contributed by atoms with van der Waals surface area (Å²) in [5.74, 6) is 2.16. The van der Waals surface area contributed by atoms with E-state index in [0.717, 1.165) is 18.0 Å². The van der Waals surface area contributed by atoms with Crippen molar-refractivity contribution in [1.82, 2.24) is 9.78 Å². The lowest BCUT2D eigenvalue weighted by atomic mass is 9.86. The molecule has 1 aliphatic rings. The predicted octanol–water partition coefficient (Wildman–Crippen LogP) is 2.24. The fraction of sp³-hybridized carbons (Fsp3) is 0.800. The number of hydrogen-bond donors (Lipinski definition) is 1. The zero-order valence-corrected chi connectivity index (χ0v) is 12.8. The largest absolute Gasteiger partial charge is 0.357 e. The van der Waals surface area contributed by atoms with Crippen molar-refractivity contribution in [2.75, 3.05) is 18.5 Å². The lowest BCUT2D eigenvalue weighted by Gasteiger charge is -2.35. The normalized spacial score (nSPS) is 23.6. The molecule has 0 aromatic carbocycles.